The van der Waals surface area contributed by atoms with Crippen molar-refractivity contribution in [3.63, 3.8) is 0 Å². The first kappa shape index (κ1) is 22.9. The van der Waals surface area contributed by atoms with E-state index in [4.69, 9.17) is 0 Å². The summed E-state index contributed by atoms with van der Waals surface area (Å²) in [6.45, 7) is 6.02. The molecule has 0 radical (unpaired) electrons. The Balaban J connectivity index is 1.37. The number of piperidine rings is 1. The molecule has 1 aromatic heterocycles. The molecule has 1 N–H and O–H groups in total. The Kier molecular flexibility index (Phi) is 6.69. The van der Waals surface area contributed by atoms with Crippen molar-refractivity contribution in [1.82, 2.24) is 9.21 Å². The number of carbonyl (C=O) groups is 2. The van der Waals surface area contributed by atoms with E-state index >= 15 is 0 Å². The molecule has 2 aliphatic heterocycles. The largest absolute Gasteiger partial charge is 0.339 e. The zero-order valence-electron chi connectivity index (χ0n) is 18.5. The lowest BCUT2D eigenvalue weighted by Gasteiger charge is -2.30. The zero-order chi connectivity index (χ0) is 22.9. The van der Waals surface area contributed by atoms with Gasteiger partial charge in [0, 0.05) is 43.2 Å². The van der Waals surface area contributed by atoms with Crippen molar-refractivity contribution in [3.8, 4) is 0 Å². The van der Waals surface area contributed by atoms with Gasteiger partial charge in [0.05, 0.1) is 5.56 Å². The quantitative estimate of drug-likeness (QED) is 0.715. The lowest BCUT2D eigenvalue weighted by atomic mass is 9.97. The summed E-state index contributed by atoms with van der Waals surface area (Å²) >= 11 is 1.09. The highest BCUT2D eigenvalue weighted by atomic mass is 32.2. The summed E-state index contributed by atoms with van der Waals surface area (Å²) in [7, 11) is -3.67. The van der Waals surface area contributed by atoms with Gasteiger partial charge in [-0.15, -0.1) is 11.3 Å². The molecular weight excluding hydrogens is 446 g/mol. The normalized spacial score (nSPS) is 18.1. The standard InChI is InChI=1S/C23H29N3O4S2/c1-16-6-5-7-20(17(16)2)24-22(27)18-8-12-26(13-9-18)32(29,30)21-14-19(15-31-21)23(28)25-10-3-4-11-25/h5-7,14-15,18H,3-4,8-13H2,1-2H3,(H,24,27). The monoisotopic (exact) mass is 475 g/mol. The Morgan fingerprint density at radius 2 is 1.75 bits per heavy atom. The fraction of sp³-hybridized carbons (Fsp3) is 0.478. The summed E-state index contributed by atoms with van der Waals surface area (Å²) in [5.41, 5.74) is 3.40. The molecule has 2 amide bonds. The molecule has 2 fully saturated rings. The van der Waals surface area contributed by atoms with Crippen LogP contribution in [-0.4, -0.2) is 55.6 Å². The molecule has 7 nitrogen and oxygen atoms in total. The molecule has 2 aromatic rings. The van der Waals surface area contributed by atoms with Crippen LogP contribution in [0.2, 0.25) is 0 Å². The highest BCUT2D eigenvalue weighted by Crippen LogP contribution is 2.29. The Morgan fingerprint density at radius 3 is 2.44 bits per heavy atom. The van der Waals surface area contributed by atoms with Crippen LogP contribution in [-0.2, 0) is 14.8 Å². The second-order valence-electron chi connectivity index (χ2n) is 8.57. The molecule has 0 aliphatic carbocycles. The number of nitrogens with zero attached hydrogens (tertiary/aromatic N) is 2. The maximum atomic E-state index is 13.1. The predicted molar refractivity (Wildman–Crippen MR) is 125 cm³/mol. The van der Waals surface area contributed by atoms with Gasteiger partial charge in [0.25, 0.3) is 15.9 Å². The second kappa shape index (κ2) is 9.33. The van der Waals surface area contributed by atoms with E-state index in [1.54, 1.807) is 10.3 Å². The van der Waals surface area contributed by atoms with E-state index in [0.29, 0.717) is 31.5 Å². The molecule has 9 heteroatoms. The van der Waals surface area contributed by atoms with Gasteiger partial charge in [-0.3, -0.25) is 9.59 Å². The Morgan fingerprint density at radius 1 is 1.06 bits per heavy atom. The molecule has 0 unspecified atom stereocenters. The van der Waals surface area contributed by atoms with Gasteiger partial charge in [-0.25, -0.2) is 8.42 Å². The number of likely N-dealkylation sites (tertiary alicyclic amines) is 1. The van der Waals surface area contributed by atoms with Crippen LogP contribution in [0.1, 0.15) is 47.2 Å². The van der Waals surface area contributed by atoms with Gasteiger partial charge in [-0.05, 0) is 62.8 Å². The SMILES string of the molecule is Cc1cccc(NC(=O)C2CCN(S(=O)(=O)c3cc(C(=O)N4CCCC4)cs3)CC2)c1C. The molecule has 0 bridgehead atoms. The third-order valence-corrected chi connectivity index (χ3v) is 9.81. The Labute approximate surface area is 193 Å². The molecule has 0 spiro atoms. The van der Waals surface area contributed by atoms with E-state index in [9.17, 15) is 18.0 Å². The zero-order valence-corrected chi connectivity index (χ0v) is 20.1. The number of amides is 2. The molecule has 0 atom stereocenters. The van der Waals surface area contributed by atoms with Crippen molar-refractivity contribution in [2.75, 3.05) is 31.5 Å². The Bertz CT molecular complexity index is 1110. The van der Waals surface area contributed by atoms with Crippen molar-refractivity contribution < 1.29 is 18.0 Å². The van der Waals surface area contributed by atoms with E-state index in [0.717, 1.165) is 54.1 Å². The van der Waals surface area contributed by atoms with Crippen LogP contribution in [0.15, 0.2) is 33.9 Å². The summed E-state index contributed by atoms with van der Waals surface area (Å²) in [6.07, 6.45) is 2.93. The number of carbonyl (C=O) groups excluding carboxylic acids is 2. The number of thiophene rings is 1. The van der Waals surface area contributed by atoms with Crippen LogP contribution in [0.5, 0.6) is 0 Å². The van der Waals surface area contributed by atoms with Crippen LogP contribution in [0.25, 0.3) is 0 Å². The molecular formula is C23H29N3O4S2. The number of nitrogens with one attached hydrogen (secondary N) is 1. The van der Waals surface area contributed by atoms with Crippen molar-refractivity contribution >= 4 is 38.9 Å². The van der Waals surface area contributed by atoms with E-state index in [1.165, 1.54) is 10.4 Å². The highest BCUT2D eigenvalue weighted by Gasteiger charge is 2.34. The summed E-state index contributed by atoms with van der Waals surface area (Å²) < 4.78 is 27.8. The fourth-order valence-electron chi connectivity index (χ4n) is 4.27. The van der Waals surface area contributed by atoms with Gasteiger partial charge in [0.2, 0.25) is 5.91 Å². The number of benzene rings is 1. The minimum Gasteiger partial charge on any atom is -0.339 e. The fourth-order valence-corrected chi connectivity index (χ4v) is 7.05. The van der Waals surface area contributed by atoms with Crippen molar-refractivity contribution in [3.05, 3.63) is 46.3 Å². The average molecular weight is 476 g/mol. The molecule has 3 heterocycles. The van der Waals surface area contributed by atoms with E-state index < -0.39 is 10.0 Å². The number of hydrogen-bond acceptors (Lipinski definition) is 5. The summed E-state index contributed by atoms with van der Waals surface area (Å²) in [5.74, 6) is -0.385. The minimum absolute atomic E-state index is 0.0645. The Hall–Kier alpha value is -2.23. The number of aryl methyl sites for hydroxylation is 1. The first-order valence-electron chi connectivity index (χ1n) is 11.0. The van der Waals surface area contributed by atoms with Crippen molar-refractivity contribution in [2.24, 2.45) is 5.92 Å². The van der Waals surface area contributed by atoms with Crippen LogP contribution < -0.4 is 5.32 Å². The van der Waals surface area contributed by atoms with Crippen LogP contribution in [0.3, 0.4) is 0 Å². The number of anilines is 1. The first-order chi connectivity index (χ1) is 15.3. The van der Waals surface area contributed by atoms with Crippen LogP contribution in [0.4, 0.5) is 5.69 Å². The third kappa shape index (κ3) is 4.60. The topological polar surface area (TPSA) is 86.8 Å². The summed E-state index contributed by atoms with van der Waals surface area (Å²) in [4.78, 5) is 27.1. The van der Waals surface area contributed by atoms with Gasteiger partial charge in [-0.2, -0.15) is 4.31 Å². The molecule has 2 saturated heterocycles. The number of rotatable bonds is 5. The lowest BCUT2D eigenvalue weighted by molar-refractivity contribution is -0.120. The van der Waals surface area contributed by atoms with Crippen molar-refractivity contribution in [2.45, 2.75) is 43.7 Å². The second-order valence-corrected chi connectivity index (χ2v) is 11.6. The van der Waals surface area contributed by atoms with Crippen LogP contribution in [0, 0.1) is 19.8 Å². The third-order valence-electron chi connectivity index (χ3n) is 6.50. The van der Waals surface area contributed by atoms with Crippen LogP contribution >= 0.6 is 11.3 Å². The van der Waals surface area contributed by atoms with E-state index in [-0.39, 0.29) is 21.9 Å². The minimum atomic E-state index is -3.67. The number of sulfonamides is 1. The van der Waals surface area contributed by atoms with Gasteiger partial charge >= 0.3 is 0 Å². The first-order valence-corrected chi connectivity index (χ1v) is 13.3. The van der Waals surface area contributed by atoms with E-state index in [1.807, 2.05) is 32.0 Å². The highest BCUT2D eigenvalue weighted by molar-refractivity contribution is 7.91. The number of hydrogen-bond donors (Lipinski definition) is 1. The molecule has 2 aliphatic rings. The van der Waals surface area contributed by atoms with Gasteiger partial charge in [0.1, 0.15) is 4.21 Å². The van der Waals surface area contributed by atoms with Gasteiger partial charge < -0.3 is 10.2 Å². The smallest absolute Gasteiger partial charge is 0.254 e. The van der Waals surface area contributed by atoms with Gasteiger partial charge in [0.15, 0.2) is 0 Å². The van der Waals surface area contributed by atoms with E-state index in [2.05, 4.69) is 5.32 Å². The van der Waals surface area contributed by atoms with Crippen molar-refractivity contribution in [1.29, 1.82) is 0 Å². The molecule has 172 valence electrons. The maximum Gasteiger partial charge on any atom is 0.254 e. The predicted octanol–water partition coefficient (Wildman–Crippen LogP) is 3.64. The average Bonchev–Trinajstić information content (AvgIpc) is 3.49. The maximum absolute atomic E-state index is 13.1. The van der Waals surface area contributed by atoms with Gasteiger partial charge in [-0.1, -0.05) is 12.1 Å². The molecule has 32 heavy (non-hydrogen) atoms. The molecule has 1 aromatic carbocycles. The molecule has 4 rings (SSSR count). The summed E-state index contributed by atoms with van der Waals surface area (Å²) in [5, 5.41) is 4.64. The summed E-state index contributed by atoms with van der Waals surface area (Å²) in [6, 6.07) is 7.30. The molecule has 0 saturated carbocycles. The lowest BCUT2D eigenvalue weighted by Crippen LogP contribution is -2.41.